The van der Waals surface area contributed by atoms with E-state index in [2.05, 4.69) is 10.4 Å². The van der Waals surface area contributed by atoms with Gasteiger partial charge in [-0.25, -0.2) is 0 Å². The third kappa shape index (κ3) is 4.19. The van der Waals surface area contributed by atoms with Gasteiger partial charge in [0.15, 0.2) is 0 Å². The van der Waals surface area contributed by atoms with Crippen molar-refractivity contribution in [1.82, 2.24) is 15.1 Å². The zero-order valence-electron chi connectivity index (χ0n) is 10.9. The summed E-state index contributed by atoms with van der Waals surface area (Å²) in [4.78, 5) is 11.8. The number of nitrogens with zero attached hydrogens (tertiary/aromatic N) is 2. The lowest BCUT2D eigenvalue weighted by Gasteiger charge is -2.06. The molecule has 0 aliphatic rings. The summed E-state index contributed by atoms with van der Waals surface area (Å²) in [7, 11) is 1.79. The smallest absolute Gasteiger partial charge is 0.269 e. The van der Waals surface area contributed by atoms with E-state index in [9.17, 15) is 4.79 Å². The number of carbonyl (C=O) groups excluding carboxylic acids is 1. The van der Waals surface area contributed by atoms with Gasteiger partial charge < -0.3 is 11.1 Å². The molecular formula is C12H22N4O. The Kier molecular flexibility index (Phi) is 5.15. The Hall–Kier alpha value is -1.36. The van der Waals surface area contributed by atoms with E-state index in [-0.39, 0.29) is 11.9 Å². The molecule has 96 valence electrons. The molecule has 0 radical (unpaired) electrons. The molecule has 1 atom stereocenters. The van der Waals surface area contributed by atoms with Crippen molar-refractivity contribution in [3.05, 3.63) is 17.5 Å². The van der Waals surface area contributed by atoms with Gasteiger partial charge in [-0.3, -0.25) is 9.48 Å². The Morgan fingerprint density at radius 1 is 1.65 bits per heavy atom. The first-order chi connectivity index (χ1) is 8.04. The number of amides is 1. The van der Waals surface area contributed by atoms with Crippen LogP contribution in [-0.4, -0.2) is 28.3 Å². The molecule has 0 aromatic carbocycles. The predicted octanol–water partition coefficient (Wildman–Crippen LogP) is 0.840. The Balaban J connectivity index is 2.44. The maximum Gasteiger partial charge on any atom is 0.269 e. The normalized spacial score (nSPS) is 12.5. The number of carbonyl (C=O) groups is 1. The second-order valence-corrected chi connectivity index (χ2v) is 4.37. The summed E-state index contributed by atoms with van der Waals surface area (Å²) in [6.45, 7) is 4.65. The predicted molar refractivity (Wildman–Crippen MR) is 67.8 cm³/mol. The Bertz CT molecular complexity index is 371. The van der Waals surface area contributed by atoms with E-state index in [0.29, 0.717) is 12.2 Å². The van der Waals surface area contributed by atoms with Crippen LogP contribution in [0.15, 0.2) is 6.07 Å². The minimum atomic E-state index is -0.0654. The number of aryl methyl sites for hydroxylation is 2. The fourth-order valence-electron chi connectivity index (χ4n) is 1.63. The number of nitrogens with two attached hydrogens (primary N) is 1. The minimum Gasteiger partial charge on any atom is -0.351 e. The van der Waals surface area contributed by atoms with E-state index < -0.39 is 0 Å². The fourth-order valence-corrected chi connectivity index (χ4v) is 1.63. The molecule has 17 heavy (non-hydrogen) atoms. The van der Waals surface area contributed by atoms with Crippen molar-refractivity contribution in [1.29, 1.82) is 0 Å². The zero-order chi connectivity index (χ0) is 12.8. The molecule has 1 aromatic heterocycles. The third-order valence-corrected chi connectivity index (χ3v) is 2.65. The molecule has 5 heteroatoms. The molecule has 1 unspecified atom stereocenters. The molecule has 0 aliphatic carbocycles. The molecule has 1 rings (SSSR count). The monoisotopic (exact) mass is 238 g/mol. The first kappa shape index (κ1) is 13.7. The quantitative estimate of drug-likeness (QED) is 0.721. The molecule has 0 spiro atoms. The van der Waals surface area contributed by atoms with Crippen LogP contribution in [0.4, 0.5) is 0 Å². The van der Waals surface area contributed by atoms with Crippen molar-refractivity contribution in [2.45, 2.75) is 39.2 Å². The van der Waals surface area contributed by atoms with E-state index in [4.69, 9.17) is 5.73 Å². The van der Waals surface area contributed by atoms with Gasteiger partial charge in [-0.05, 0) is 32.3 Å². The molecule has 1 aromatic rings. The largest absolute Gasteiger partial charge is 0.351 e. The highest BCUT2D eigenvalue weighted by atomic mass is 16.2. The molecule has 1 amide bonds. The van der Waals surface area contributed by atoms with Crippen LogP contribution >= 0.6 is 0 Å². The summed E-state index contributed by atoms with van der Waals surface area (Å²) in [6.07, 6.45) is 2.67. The van der Waals surface area contributed by atoms with Gasteiger partial charge in [0.25, 0.3) is 5.91 Å². The van der Waals surface area contributed by atoms with Crippen molar-refractivity contribution in [2.75, 3.05) is 6.54 Å². The van der Waals surface area contributed by atoms with Crippen molar-refractivity contribution in [3.8, 4) is 0 Å². The molecular weight excluding hydrogens is 216 g/mol. The van der Waals surface area contributed by atoms with Crippen LogP contribution < -0.4 is 11.1 Å². The molecule has 0 fully saturated rings. The molecule has 5 nitrogen and oxygen atoms in total. The Morgan fingerprint density at radius 2 is 2.35 bits per heavy atom. The van der Waals surface area contributed by atoms with Crippen molar-refractivity contribution in [3.63, 3.8) is 0 Å². The van der Waals surface area contributed by atoms with Crippen LogP contribution in [0, 0.1) is 0 Å². The SMILES string of the molecule is CCc1cc(C(=O)NCCCC(C)N)n(C)n1. The molecule has 0 saturated carbocycles. The number of hydrogen-bond donors (Lipinski definition) is 2. The van der Waals surface area contributed by atoms with E-state index in [1.807, 2.05) is 19.9 Å². The summed E-state index contributed by atoms with van der Waals surface area (Å²) in [5, 5.41) is 7.12. The maximum absolute atomic E-state index is 11.8. The first-order valence-corrected chi connectivity index (χ1v) is 6.11. The second-order valence-electron chi connectivity index (χ2n) is 4.37. The molecule has 3 N–H and O–H groups in total. The topological polar surface area (TPSA) is 72.9 Å². The van der Waals surface area contributed by atoms with Crippen molar-refractivity contribution in [2.24, 2.45) is 12.8 Å². The highest BCUT2D eigenvalue weighted by Gasteiger charge is 2.11. The third-order valence-electron chi connectivity index (χ3n) is 2.65. The lowest BCUT2D eigenvalue weighted by atomic mass is 10.2. The molecule has 0 aliphatic heterocycles. The van der Waals surface area contributed by atoms with Gasteiger partial charge in [0.1, 0.15) is 5.69 Å². The second kappa shape index (κ2) is 6.39. The van der Waals surface area contributed by atoms with Crippen molar-refractivity contribution < 1.29 is 4.79 Å². The molecule has 0 bridgehead atoms. The fraction of sp³-hybridized carbons (Fsp3) is 0.667. The highest BCUT2D eigenvalue weighted by molar-refractivity contribution is 5.92. The van der Waals surface area contributed by atoms with Crippen LogP contribution in [0.3, 0.4) is 0 Å². The van der Waals surface area contributed by atoms with Crippen LogP contribution in [0.5, 0.6) is 0 Å². The maximum atomic E-state index is 11.8. The van der Waals surface area contributed by atoms with Gasteiger partial charge in [-0.15, -0.1) is 0 Å². The molecule has 0 saturated heterocycles. The van der Waals surface area contributed by atoms with Gasteiger partial charge in [0.2, 0.25) is 0 Å². The van der Waals surface area contributed by atoms with Gasteiger partial charge in [0.05, 0.1) is 5.69 Å². The van der Waals surface area contributed by atoms with Crippen molar-refractivity contribution >= 4 is 5.91 Å². The van der Waals surface area contributed by atoms with Gasteiger partial charge in [-0.2, -0.15) is 5.10 Å². The van der Waals surface area contributed by atoms with Gasteiger partial charge >= 0.3 is 0 Å². The van der Waals surface area contributed by atoms with E-state index in [0.717, 1.165) is 25.0 Å². The van der Waals surface area contributed by atoms with Gasteiger partial charge in [0, 0.05) is 19.6 Å². The number of aromatic nitrogens is 2. The number of hydrogen-bond acceptors (Lipinski definition) is 3. The van der Waals surface area contributed by atoms with E-state index in [1.54, 1.807) is 11.7 Å². The van der Waals surface area contributed by atoms with E-state index >= 15 is 0 Å². The van der Waals surface area contributed by atoms with Crippen LogP contribution in [0.2, 0.25) is 0 Å². The summed E-state index contributed by atoms with van der Waals surface area (Å²) in [5.41, 5.74) is 7.19. The number of rotatable bonds is 6. The zero-order valence-corrected chi connectivity index (χ0v) is 10.9. The standard InChI is InChI=1S/C12H22N4O/c1-4-10-8-11(16(3)15-10)12(17)14-7-5-6-9(2)13/h8-9H,4-7,13H2,1-3H3,(H,14,17). The average molecular weight is 238 g/mol. The van der Waals surface area contributed by atoms with Crippen LogP contribution in [0.25, 0.3) is 0 Å². The summed E-state index contributed by atoms with van der Waals surface area (Å²) in [6, 6.07) is 2.02. The minimum absolute atomic E-state index is 0.0654. The summed E-state index contributed by atoms with van der Waals surface area (Å²) < 4.78 is 1.62. The van der Waals surface area contributed by atoms with Gasteiger partial charge in [-0.1, -0.05) is 6.92 Å². The Morgan fingerprint density at radius 3 is 2.88 bits per heavy atom. The van der Waals surface area contributed by atoms with E-state index in [1.165, 1.54) is 0 Å². The average Bonchev–Trinajstić information content (AvgIpc) is 2.65. The first-order valence-electron chi connectivity index (χ1n) is 6.11. The summed E-state index contributed by atoms with van der Waals surface area (Å²) in [5.74, 6) is -0.0654. The lowest BCUT2D eigenvalue weighted by Crippen LogP contribution is -2.27. The Labute approximate surface area is 102 Å². The number of nitrogens with one attached hydrogen (secondary N) is 1. The molecule has 1 heterocycles. The summed E-state index contributed by atoms with van der Waals surface area (Å²) >= 11 is 0. The highest BCUT2D eigenvalue weighted by Crippen LogP contribution is 2.03. The van der Waals surface area contributed by atoms with Crippen LogP contribution in [0.1, 0.15) is 42.9 Å². The van der Waals surface area contributed by atoms with Crippen LogP contribution in [-0.2, 0) is 13.5 Å². The lowest BCUT2D eigenvalue weighted by molar-refractivity contribution is 0.0943.